The Kier molecular flexibility index (Phi) is 6.33. The van der Waals surface area contributed by atoms with E-state index in [1.807, 2.05) is 44.2 Å². The fraction of sp³-hybridized carbons (Fsp3) is 0.316. The first-order chi connectivity index (χ1) is 11.8. The second-order valence-corrected chi connectivity index (χ2v) is 8.42. The highest BCUT2D eigenvalue weighted by atomic mass is 32.2. The zero-order valence-electron chi connectivity index (χ0n) is 14.8. The van der Waals surface area contributed by atoms with Gasteiger partial charge in [-0.2, -0.15) is 4.31 Å². The summed E-state index contributed by atoms with van der Waals surface area (Å²) in [6, 6.07) is 15.5. The molecule has 25 heavy (non-hydrogen) atoms. The summed E-state index contributed by atoms with van der Waals surface area (Å²) in [5.41, 5.74) is 1.24. The van der Waals surface area contributed by atoms with Gasteiger partial charge in [0.05, 0.1) is 4.90 Å². The summed E-state index contributed by atoms with van der Waals surface area (Å²) in [5.74, 6) is 0.0596. The minimum atomic E-state index is -3.67. The third-order valence-electron chi connectivity index (χ3n) is 3.72. The van der Waals surface area contributed by atoms with Crippen molar-refractivity contribution in [3.8, 4) is 0 Å². The monoisotopic (exact) mass is 360 g/mol. The summed E-state index contributed by atoms with van der Waals surface area (Å²) in [6.07, 6.45) is 0. The maximum atomic E-state index is 12.8. The molecular formula is C19H24N2O3S. The van der Waals surface area contributed by atoms with Crippen LogP contribution in [0.5, 0.6) is 0 Å². The van der Waals surface area contributed by atoms with Crippen LogP contribution in [0, 0.1) is 5.92 Å². The van der Waals surface area contributed by atoms with Crippen LogP contribution < -0.4 is 5.32 Å². The van der Waals surface area contributed by atoms with Gasteiger partial charge in [0.1, 0.15) is 0 Å². The zero-order chi connectivity index (χ0) is 18.4. The van der Waals surface area contributed by atoms with E-state index in [-0.39, 0.29) is 17.3 Å². The van der Waals surface area contributed by atoms with Crippen LogP contribution >= 0.6 is 0 Å². The topological polar surface area (TPSA) is 66.5 Å². The number of carbonyl (C=O) groups is 1. The highest BCUT2D eigenvalue weighted by molar-refractivity contribution is 7.89. The molecule has 2 rings (SSSR count). The quantitative estimate of drug-likeness (QED) is 0.826. The van der Waals surface area contributed by atoms with E-state index in [0.29, 0.717) is 18.0 Å². The number of nitrogens with zero attached hydrogens (tertiary/aromatic N) is 1. The molecule has 6 heteroatoms. The lowest BCUT2D eigenvalue weighted by atomic mass is 10.2. The number of amides is 1. The van der Waals surface area contributed by atoms with Gasteiger partial charge >= 0.3 is 0 Å². The lowest BCUT2D eigenvalue weighted by molar-refractivity contribution is 0.0949. The lowest BCUT2D eigenvalue weighted by Crippen LogP contribution is -2.29. The van der Waals surface area contributed by atoms with Gasteiger partial charge in [0.15, 0.2) is 0 Å². The molecule has 0 heterocycles. The van der Waals surface area contributed by atoms with Crippen molar-refractivity contribution in [2.45, 2.75) is 25.3 Å². The highest BCUT2D eigenvalue weighted by Crippen LogP contribution is 2.18. The van der Waals surface area contributed by atoms with Crippen LogP contribution in [-0.2, 0) is 16.6 Å². The Morgan fingerprint density at radius 3 is 2.40 bits per heavy atom. The molecule has 0 bridgehead atoms. The van der Waals surface area contributed by atoms with Crippen LogP contribution in [0.15, 0.2) is 59.5 Å². The molecule has 0 fully saturated rings. The Labute approximate surface area is 149 Å². The maximum absolute atomic E-state index is 12.8. The molecule has 134 valence electrons. The molecule has 0 aliphatic carbocycles. The van der Waals surface area contributed by atoms with Crippen molar-refractivity contribution in [2.75, 3.05) is 13.6 Å². The van der Waals surface area contributed by atoms with Crippen molar-refractivity contribution >= 4 is 15.9 Å². The fourth-order valence-electron chi connectivity index (χ4n) is 2.30. The first-order valence-electron chi connectivity index (χ1n) is 8.19. The van der Waals surface area contributed by atoms with E-state index in [1.54, 1.807) is 12.1 Å². The first kappa shape index (κ1) is 19.1. The molecule has 2 aromatic carbocycles. The standard InChI is InChI=1S/C19H24N2O3S/c1-15(2)13-20-19(22)17-10-7-11-18(12-17)25(23,24)21(3)14-16-8-5-4-6-9-16/h4-12,15H,13-14H2,1-3H3,(H,20,22). The molecule has 0 atom stereocenters. The molecule has 0 aliphatic heterocycles. The summed E-state index contributed by atoms with van der Waals surface area (Å²) in [7, 11) is -2.14. The molecule has 0 saturated heterocycles. The second kappa shape index (κ2) is 8.27. The molecule has 5 nitrogen and oxygen atoms in total. The Hall–Kier alpha value is -2.18. The van der Waals surface area contributed by atoms with Gasteiger partial charge in [0.25, 0.3) is 5.91 Å². The summed E-state index contributed by atoms with van der Waals surface area (Å²) in [5, 5.41) is 2.80. The number of hydrogen-bond acceptors (Lipinski definition) is 3. The number of carbonyl (C=O) groups excluding carboxylic acids is 1. The summed E-state index contributed by atoms with van der Waals surface area (Å²) >= 11 is 0. The molecule has 0 spiro atoms. The van der Waals surface area contributed by atoms with Crippen LogP contribution in [0.25, 0.3) is 0 Å². The third-order valence-corrected chi connectivity index (χ3v) is 5.52. The fourth-order valence-corrected chi connectivity index (χ4v) is 3.51. The molecule has 0 aromatic heterocycles. The lowest BCUT2D eigenvalue weighted by Gasteiger charge is -2.18. The van der Waals surface area contributed by atoms with Crippen LogP contribution in [0.2, 0.25) is 0 Å². The average molecular weight is 360 g/mol. The number of sulfonamides is 1. The predicted octanol–water partition coefficient (Wildman–Crippen LogP) is 2.89. The Morgan fingerprint density at radius 2 is 1.76 bits per heavy atom. The van der Waals surface area contributed by atoms with Crippen molar-refractivity contribution < 1.29 is 13.2 Å². The number of hydrogen-bond donors (Lipinski definition) is 1. The van der Waals surface area contributed by atoms with Crippen LogP contribution in [0.3, 0.4) is 0 Å². The van der Waals surface area contributed by atoms with E-state index < -0.39 is 10.0 Å². The van der Waals surface area contributed by atoms with Gasteiger partial charge in [-0.1, -0.05) is 50.2 Å². The van der Waals surface area contributed by atoms with E-state index >= 15 is 0 Å². The number of rotatable bonds is 7. The minimum Gasteiger partial charge on any atom is -0.352 e. The van der Waals surface area contributed by atoms with Crippen molar-refractivity contribution in [1.82, 2.24) is 9.62 Å². The third kappa shape index (κ3) is 5.14. The average Bonchev–Trinajstić information content (AvgIpc) is 2.60. The highest BCUT2D eigenvalue weighted by Gasteiger charge is 2.22. The van der Waals surface area contributed by atoms with Crippen molar-refractivity contribution in [1.29, 1.82) is 0 Å². The van der Waals surface area contributed by atoms with Gasteiger partial charge in [-0.05, 0) is 29.7 Å². The smallest absolute Gasteiger partial charge is 0.251 e. The van der Waals surface area contributed by atoms with Gasteiger partial charge in [-0.25, -0.2) is 8.42 Å². The Morgan fingerprint density at radius 1 is 1.08 bits per heavy atom. The van der Waals surface area contributed by atoms with E-state index in [9.17, 15) is 13.2 Å². The Bertz CT molecular complexity index is 818. The van der Waals surface area contributed by atoms with Gasteiger partial charge in [0, 0.05) is 25.7 Å². The predicted molar refractivity (Wildman–Crippen MR) is 98.7 cm³/mol. The van der Waals surface area contributed by atoms with Crippen LogP contribution in [0.1, 0.15) is 29.8 Å². The minimum absolute atomic E-state index is 0.114. The van der Waals surface area contributed by atoms with Crippen molar-refractivity contribution in [3.05, 3.63) is 65.7 Å². The van der Waals surface area contributed by atoms with Gasteiger partial charge in [-0.3, -0.25) is 4.79 Å². The van der Waals surface area contributed by atoms with Gasteiger partial charge in [0.2, 0.25) is 10.0 Å². The molecule has 1 N–H and O–H groups in total. The zero-order valence-corrected chi connectivity index (χ0v) is 15.6. The maximum Gasteiger partial charge on any atom is 0.251 e. The van der Waals surface area contributed by atoms with E-state index in [2.05, 4.69) is 5.32 Å². The summed E-state index contributed by atoms with van der Waals surface area (Å²) in [4.78, 5) is 12.3. The summed E-state index contributed by atoms with van der Waals surface area (Å²) < 4.78 is 26.8. The largest absolute Gasteiger partial charge is 0.352 e. The molecule has 0 radical (unpaired) electrons. The molecule has 0 unspecified atom stereocenters. The van der Waals surface area contributed by atoms with E-state index in [1.165, 1.54) is 23.5 Å². The SMILES string of the molecule is CC(C)CNC(=O)c1cccc(S(=O)(=O)N(C)Cc2ccccc2)c1. The number of nitrogens with one attached hydrogen (secondary N) is 1. The van der Waals surface area contributed by atoms with Gasteiger partial charge < -0.3 is 5.32 Å². The second-order valence-electron chi connectivity index (χ2n) is 6.38. The number of benzene rings is 2. The van der Waals surface area contributed by atoms with E-state index in [4.69, 9.17) is 0 Å². The Balaban J connectivity index is 2.19. The summed E-state index contributed by atoms with van der Waals surface area (Å²) in [6.45, 7) is 4.82. The molecule has 0 saturated carbocycles. The van der Waals surface area contributed by atoms with Crippen molar-refractivity contribution in [2.24, 2.45) is 5.92 Å². The van der Waals surface area contributed by atoms with E-state index in [0.717, 1.165) is 5.56 Å². The molecular weight excluding hydrogens is 336 g/mol. The van der Waals surface area contributed by atoms with Crippen LogP contribution in [-0.4, -0.2) is 32.2 Å². The molecule has 0 aliphatic rings. The first-order valence-corrected chi connectivity index (χ1v) is 9.63. The molecule has 2 aromatic rings. The normalized spacial score (nSPS) is 11.7. The van der Waals surface area contributed by atoms with Gasteiger partial charge in [-0.15, -0.1) is 0 Å². The molecule has 1 amide bonds. The van der Waals surface area contributed by atoms with Crippen molar-refractivity contribution in [3.63, 3.8) is 0 Å². The van der Waals surface area contributed by atoms with Crippen LogP contribution in [0.4, 0.5) is 0 Å².